The standard InChI is InChI=1S/C13H16N2O3/c1-3-4-5-18-11-7-10-9(6-8(11)2)14-12(16)13(17)15-10/h6-7H,3-5H2,1-2H3,(H,14,16)(H,15,17). The largest absolute Gasteiger partial charge is 0.493 e. The van der Waals surface area contributed by atoms with Crippen molar-refractivity contribution in [1.29, 1.82) is 0 Å². The molecule has 0 saturated heterocycles. The molecule has 2 aromatic rings. The van der Waals surface area contributed by atoms with Crippen LogP contribution in [0.1, 0.15) is 25.3 Å². The fourth-order valence-corrected chi connectivity index (χ4v) is 1.74. The van der Waals surface area contributed by atoms with Crippen LogP contribution in [-0.4, -0.2) is 16.6 Å². The molecule has 0 aliphatic rings. The maximum Gasteiger partial charge on any atom is 0.314 e. The maximum atomic E-state index is 11.2. The number of unbranched alkanes of at least 4 members (excludes halogenated alkanes) is 1. The molecule has 0 radical (unpaired) electrons. The topological polar surface area (TPSA) is 75.0 Å². The molecule has 1 heterocycles. The van der Waals surface area contributed by atoms with Crippen LogP contribution in [0.15, 0.2) is 21.7 Å². The minimum absolute atomic E-state index is 0.580. The Kier molecular flexibility index (Phi) is 3.50. The quantitative estimate of drug-likeness (QED) is 0.638. The number of aromatic amines is 2. The van der Waals surface area contributed by atoms with E-state index in [0.717, 1.165) is 24.2 Å². The first-order valence-electron chi connectivity index (χ1n) is 6.01. The number of aryl methyl sites for hydroxylation is 1. The Labute approximate surface area is 104 Å². The Morgan fingerprint density at radius 3 is 2.33 bits per heavy atom. The highest BCUT2D eigenvalue weighted by Gasteiger charge is 2.05. The van der Waals surface area contributed by atoms with Crippen molar-refractivity contribution < 1.29 is 4.74 Å². The summed E-state index contributed by atoms with van der Waals surface area (Å²) in [4.78, 5) is 27.5. The normalized spacial score (nSPS) is 10.8. The van der Waals surface area contributed by atoms with Gasteiger partial charge in [0.2, 0.25) is 0 Å². The number of fused-ring (bicyclic) bond motifs is 1. The summed E-state index contributed by atoms with van der Waals surface area (Å²) < 4.78 is 5.64. The van der Waals surface area contributed by atoms with Gasteiger partial charge in [-0.3, -0.25) is 9.59 Å². The summed E-state index contributed by atoms with van der Waals surface area (Å²) in [7, 11) is 0. The maximum absolute atomic E-state index is 11.2. The molecule has 0 aliphatic heterocycles. The van der Waals surface area contributed by atoms with Gasteiger partial charge in [0.1, 0.15) is 5.75 Å². The van der Waals surface area contributed by atoms with Gasteiger partial charge in [-0.25, -0.2) is 0 Å². The number of hydrogen-bond acceptors (Lipinski definition) is 3. The number of H-pyrrole nitrogens is 2. The molecule has 18 heavy (non-hydrogen) atoms. The Morgan fingerprint density at radius 2 is 1.72 bits per heavy atom. The van der Waals surface area contributed by atoms with Gasteiger partial charge in [-0.1, -0.05) is 13.3 Å². The first-order valence-corrected chi connectivity index (χ1v) is 6.01. The second-order valence-electron chi connectivity index (χ2n) is 4.27. The van der Waals surface area contributed by atoms with Gasteiger partial charge in [-0.15, -0.1) is 0 Å². The average Bonchev–Trinajstić information content (AvgIpc) is 2.33. The molecule has 0 fully saturated rings. The molecule has 0 spiro atoms. The number of nitrogens with one attached hydrogen (secondary N) is 2. The fourth-order valence-electron chi connectivity index (χ4n) is 1.74. The predicted molar refractivity (Wildman–Crippen MR) is 70.3 cm³/mol. The third-order valence-corrected chi connectivity index (χ3v) is 2.77. The Balaban J connectivity index is 2.44. The molecule has 0 unspecified atom stereocenters. The highest BCUT2D eigenvalue weighted by Crippen LogP contribution is 2.22. The minimum Gasteiger partial charge on any atom is -0.493 e. The zero-order valence-corrected chi connectivity index (χ0v) is 10.5. The van der Waals surface area contributed by atoms with Gasteiger partial charge in [-0.2, -0.15) is 0 Å². The van der Waals surface area contributed by atoms with E-state index in [9.17, 15) is 9.59 Å². The first-order chi connectivity index (χ1) is 8.61. The summed E-state index contributed by atoms with van der Waals surface area (Å²) >= 11 is 0. The lowest BCUT2D eigenvalue weighted by Gasteiger charge is -2.09. The van der Waals surface area contributed by atoms with Crippen molar-refractivity contribution in [3.8, 4) is 5.75 Å². The van der Waals surface area contributed by atoms with Crippen molar-refractivity contribution in [1.82, 2.24) is 9.97 Å². The van der Waals surface area contributed by atoms with E-state index in [2.05, 4.69) is 16.9 Å². The van der Waals surface area contributed by atoms with Gasteiger partial charge in [0.25, 0.3) is 0 Å². The zero-order valence-electron chi connectivity index (χ0n) is 10.5. The van der Waals surface area contributed by atoms with E-state index >= 15 is 0 Å². The molecule has 0 atom stereocenters. The summed E-state index contributed by atoms with van der Waals surface area (Å²) in [6.07, 6.45) is 2.05. The van der Waals surface area contributed by atoms with E-state index in [1.165, 1.54) is 0 Å². The third kappa shape index (κ3) is 2.45. The van der Waals surface area contributed by atoms with Gasteiger partial charge in [-0.05, 0) is 25.0 Å². The van der Waals surface area contributed by atoms with Crippen molar-refractivity contribution >= 4 is 11.0 Å². The van der Waals surface area contributed by atoms with Crippen molar-refractivity contribution in [3.05, 3.63) is 38.4 Å². The number of rotatable bonds is 4. The van der Waals surface area contributed by atoms with Crippen LogP contribution in [0, 0.1) is 6.92 Å². The number of benzene rings is 1. The van der Waals surface area contributed by atoms with E-state index in [4.69, 9.17) is 4.74 Å². The zero-order chi connectivity index (χ0) is 13.1. The smallest absolute Gasteiger partial charge is 0.314 e. The molecule has 0 aliphatic carbocycles. The van der Waals surface area contributed by atoms with Crippen molar-refractivity contribution in [2.45, 2.75) is 26.7 Å². The molecule has 2 rings (SSSR count). The Morgan fingerprint density at radius 1 is 1.11 bits per heavy atom. The molecule has 1 aromatic carbocycles. The number of hydrogen-bond donors (Lipinski definition) is 2. The highest BCUT2D eigenvalue weighted by molar-refractivity contribution is 5.76. The number of aromatic nitrogens is 2. The van der Waals surface area contributed by atoms with Crippen LogP contribution in [0.3, 0.4) is 0 Å². The van der Waals surface area contributed by atoms with Crippen molar-refractivity contribution in [2.24, 2.45) is 0 Å². The fraction of sp³-hybridized carbons (Fsp3) is 0.385. The molecule has 5 nitrogen and oxygen atoms in total. The average molecular weight is 248 g/mol. The second kappa shape index (κ2) is 5.08. The van der Waals surface area contributed by atoms with Gasteiger partial charge >= 0.3 is 11.1 Å². The third-order valence-electron chi connectivity index (χ3n) is 2.77. The number of ether oxygens (including phenoxy) is 1. The van der Waals surface area contributed by atoms with E-state index in [1.54, 1.807) is 12.1 Å². The Bertz CT molecular complexity index is 670. The summed E-state index contributed by atoms with van der Waals surface area (Å²) in [5, 5.41) is 0. The molecule has 5 heteroatoms. The van der Waals surface area contributed by atoms with Crippen LogP contribution in [0.25, 0.3) is 11.0 Å². The lowest BCUT2D eigenvalue weighted by molar-refractivity contribution is 0.308. The molecule has 2 N–H and O–H groups in total. The van der Waals surface area contributed by atoms with Crippen LogP contribution in [0.2, 0.25) is 0 Å². The van der Waals surface area contributed by atoms with E-state index in [1.807, 2.05) is 6.92 Å². The molecular formula is C13H16N2O3. The van der Waals surface area contributed by atoms with E-state index in [0.29, 0.717) is 17.6 Å². The summed E-state index contributed by atoms with van der Waals surface area (Å²) in [6.45, 7) is 4.65. The van der Waals surface area contributed by atoms with Crippen LogP contribution < -0.4 is 15.9 Å². The molecule has 1 aromatic heterocycles. The summed E-state index contributed by atoms with van der Waals surface area (Å²) in [5.74, 6) is 0.735. The lowest BCUT2D eigenvalue weighted by atomic mass is 10.2. The molecule has 0 amide bonds. The minimum atomic E-state index is -0.647. The molecule has 0 bridgehead atoms. The first kappa shape index (κ1) is 12.4. The Hall–Kier alpha value is -2.04. The molecule has 0 saturated carbocycles. The SMILES string of the molecule is CCCCOc1cc2[nH]c(=O)c(=O)[nH]c2cc1C. The lowest BCUT2D eigenvalue weighted by Crippen LogP contribution is -2.28. The molecule has 96 valence electrons. The van der Waals surface area contributed by atoms with Crippen molar-refractivity contribution in [3.63, 3.8) is 0 Å². The predicted octanol–water partition coefficient (Wildman–Crippen LogP) is 1.70. The van der Waals surface area contributed by atoms with Crippen LogP contribution in [-0.2, 0) is 0 Å². The van der Waals surface area contributed by atoms with Crippen LogP contribution in [0.5, 0.6) is 5.75 Å². The monoisotopic (exact) mass is 248 g/mol. The second-order valence-corrected chi connectivity index (χ2v) is 4.27. The van der Waals surface area contributed by atoms with Crippen LogP contribution in [0.4, 0.5) is 0 Å². The van der Waals surface area contributed by atoms with Crippen molar-refractivity contribution in [2.75, 3.05) is 6.61 Å². The van der Waals surface area contributed by atoms with Gasteiger partial charge in [0, 0.05) is 6.07 Å². The van der Waals surface area contributed by atoms with Gasteiger partial charge in [0.15, 0.2) is 0 Å². The van der Waals surface area contributed by atoms with Crippen LogP contribution >= 0.6 is 0 Å². The molecular weight excluding hydrogens is 232 g/mol. The van der Waals surface area contributed by atoms with Gasteiger partial charge < -0.3 is 14.7 Å². The summed E-state index contributed by atoms with van der Waals surface area (Å²) in [5.41, 5.74) is 0.838. The van der Waals surface area contributed by atoms with Gasteiger partial charge in [0.05, 0.1) is 17.6 Å². The highest BCUT2D eigenvalue weighted by atomic mass is 16.5. The van der Waals surface area contributed by atoms with E-state index in [-0.39, 0.29) is 0 Å². The summed E-state index contributed by atoms with van der Waals surface area (Å²) in [6, 6.07) is 3.55. The van der Waals surface area contributed by atoms with E-state index < -0.39 is 11.1 Å².